The van der Waals surface area contributed by atoms with E-state index in [9.17, 15) is 9.90 Å². The molecule has 2 aliphatic rings. The zero-order chi connectivity index (χ0) is 45.2. The van der Waals surface area contributed by atoms with Crippen molar-refractivity contribution in [2.75, 3.05) is 26.4 Å². The van der Waals surface area contributed by atoms with Gasteiger partial charge in [0, 0.05) is 41.4 Å². The van der Waals surface area contributed by atoms with Gasteiger partial charge in [-0.25, -0.2) is 4.42 Å². The van der Waals surface area contributed by atoms with Crippen LogP contribution in [0.4, 0.5) is 0 Å². The monoisotopic (exact) mass is 922 g/mol. The van der Waals surface area contributed by atoms with Crippen LogP contribution in [0.1, 0.15) is 124 Å². The molecular formula is C52H62Cl4O6. The van der Waals surface area contributed by atoms with Crippen LogP contribution in [0.25, 0.3) is 23.2 Å². The predicted molar refractivity (Wildman–Crippen MR) is 255 cm³/mol. The molecule has 2 heterocycles. The summed E-state index contributed by atoms with van der Waals surface area (Å²) in [6.45, 7) is 19.2. The molecule has 2 unspecified atom stereocenters. The van der Waals surface area contributed by atoms with Gasteiger partial charge in [-0.2, -0.15) is 0 Å². The van der Waals surface area contributed by atoms with Crippen LogP contribution in [0.15, 0.2) is 99.4 Å². The highest BCUT2D eigenvalue weighted by atomic mass is 35.5. The average Bonchev–Trinajstić information content (AvgIpc) is 3.25. The van der Waals surface area contributed by atoms with Crippen LogP contribution in [-0.4, -0.2) is 32.2 Å². The quantitative estimate of drug-likeness (QED) is 0.0738. The van der Waals surface area contributed by atoms with Crippen molar-refractivity contribution in [1.29, 1.82) is 0 Å². The zero-order valence-electron chi connectivity index (χ0n) is 37.5. The number of unbranched alkanes of at least 4 members (excludes halogenated alkanes) is 2. The average molecular weight is 925 g/mol. The van der Waals surface area contributed by atoms with Crippen molar-refractivity contribution in [2.45, 2.75) is 112 Å². The number of ketones is 1. The Morgan fingerprint density at radius 2 is 1.29 bits per heavy atom. The summed E-state index contributed by atoms with van der Waals surface area (Å²) >= 11 is 25.4. The molecule has 0 fully saturated rings. The van der Waals surface area contributed by atoms with Crippen molar-refractivity contribution < 1.29 is 28.5 Å². The van der Waals surface area contributed by atoms with Crippen LogP contribution >= 0.6 is 46.4 Å². The largest absolute Gasteiger partial charge is 0.871 e. The number of carbonyl (C=O) groups excluding carboxylic acids is 1. The number of carbonyl (C=O) groups is 1. The summed E-state index contributed by atoms with van der Waals surface area (Å²) in [6.07, 6.45) is 16.0. The summed E-state index contributed by atoms with van der Waals surface area (Å²) in [5.74, 6) is 2.57. The second kappa shape index (κ2) is 22.5. The van der Waals surface area contributed by atoms with E-state index in [1.54, 1.807) is 48.6 Å². The SMILES string of the molecule is CCCCC(CC)COCC(C)(C)C1=CC(=CC2=C([O-])C(=Cc3cc(-c4ccc(Cl)c(Cl)c4)[o+]c(C(C)(C)COCC(CC)CCCC)c3)C2=O)C=C(c2ccc(Cl)c(Cl)c2)O1. The molecule has 2 aromatic carbocycles. The predicted octanol–water partition coefficient (Wildman–Crippen LogP) is 15.1. The van der Waals surface area contributed by atoms with Gasteiger partial charge < -0.3 is 19.3 Å². The van der Waals surface area contributed by atoms with E-state index in [1.807, 2.05) is 24.3 Å². The lowest BCUT2D eigenvalue weighted by atomic mass is 9.83. The summed E-state index contributed by atoms with van der Waals surface area (Å²) in [5, 5.41) is 15.5. The molecule has 0 bridgehead atoms. The van der Waals surface area contributed by atoms with E-state index < -0.39 is 10.8 Å². The molecule has 0 spiro atoms. The van der Waals surface area contributed by atoms with Gasteiger partial charge >= 0.3 is 11.5 Å². The molecule has 1 aromatic heterocycles. The topological polar surface area (TPSA) is 79.1 Å². The van der Waals surface area contributed by atoms with Gasteiger partial charge in [-0.1, -0.05) is 132 Å². The molecule has 334 valence electrons. The highest BCUT2D eigenvalue weighted by Gasteiger charge is 2.36. The summed E-state index contributed by atoms with van der Waals surface area (Å²) in [5.41, 5.74) is 1.74. The summed E-state index contributed by atoms with van der Waals surface area (Å²) in [4.78, 5) is 13.9. The number of ether oxygens (including phenoxy) is 3. The highest BCUT2D eigenvalue weighted by Crippen LogP contribution is 2.41. The molecule has 0 saturated heterocycles. The molecule has 1 aliphatic carbocycles. The molecule has 10 heteroatoms. The smallest absolute Gasteiger partial charge is 0.360 e. The second-order valence-corrected chi connectivity index (χ2v) is 19.5. The van der Waals surface area contributed by atoms with Crippen molar-refractivity contribution in [2.24, 2.45) is 17.3 Å². The molecule has 0 amide bonds. The number of Topliss-reactive ketones (excluding diaryl/α,β-unsaturated/α-hetero) is 1. The van der Waals surface area contributed by atoms with Crippen molar-refractivity contribution in [1.82, 2.24) is 0 Å². The minimum absolute atomic E-state index is 0.0806. The van der Waals surface area contributed by atoms with Crippen LogP contribution in [-0.2, 0) is 24.4 Å². The number of rotatable bonds is 22. The van der Waals surface area contributed by atoms with Gasteiger partial charge in [0.25, 0.3) is 0 Å². The number of allylic oxidation sites excluding steroid dienone is 6. The van der Waals surface area contributed by atoms with E-state index in [4.69, 9.17) is 65.0 Å². The molecule has 3 aromatic rings. The van der Waals surface area contributed by atoms with Gasteiger partial charge in [0.05, 0.1) is 44.9 Å². The van der Waals surface area contributed by atoms with Crippen LogP contribution in [0, 0.1) is 17.3 Å². The van der Waals surface area contributed by atoms with E-state index >= 15 is 0 Å². The minimum atomic E-state index is -0.547. The van der Waals surface area contributed by atoms with Crippen molar-refractivity contribution in [3.05, 3.63) is 132 Å². The number of benzene rings is 2. The van der Waals surface area contributed by atoms with E-state index in [0.717, 1.165) is 38.5 Å². The second-order valence-electron chi connectivity index (χ2n) is 17.9. The van der Waals surface area contributed by atoms with Gasteiger partial charge in [0.2, 0.25) is 0 Å². The third-order valence-corrected chi connectivity index (χ3v) is 13.2. The molecule has 5 rings (SSSR count). The molecular weight excluding hydrogens is 862 g/mol. The Bertz CT molecular complexity index is 2230. The maximum Gasteiger partial charge on any atom is 0.360 e. The van der Waals surface area contributed by atoms with E-state index in [-0.39, 0.29) is 22.7 Å². The zero-order valence-corrected chi connectivity index (χ0v) is 40.6. The molecule has 0 saturated carbocycles. The first kappa shape index (κ1) is 49.7. The molecule has 6 nitrogen and oxygen atoms in total. The maximum atomic E-state index is 13.9. The standard InChI is InChI=1S/C52H62Cl4O6/c1-9-13-15-33(11-3)29-59-31-51(5,6)47-25-35(23-45(61-47)37-17-19-41(53)43(55)27-37)21-39-49(57)40(50(39)58)22-36-24-46(38-18-20-42(54)44(56)28-38)62-48(26-36)52(7,8)32-60-30-34(12-4)16-14-10-2/h17-28,33-34H,9-16,29-32H2,1-8H3. The lowest BCUT2D eigenvalue weighted by Gasteiger charge is -2.32. The fraction of sp³-hybridized carbons (Fsp3) is 0.462. The normalized spacial score (nSPS) is 16.9. The molecule has 1 aliphatic heterocycles. The van der Waals surface area contributed by atoms with Crippen LogP contribution in [0.3, 0.4) is 0 Å². The van der Waals surface area contributed by atoms with E-state index in [0.29, 0.717) is 104 Å². The first-order chi connectivity index (χ1) is 29.5. The molecule has 0 radical (unpaired) electrons. The highest BCUT2D eigenvalue weighted by molar-refractivity contribution is 6.42. The minimum Gasteiger partial charge on any atom is -0.871 e. The maximum absolute atomic E-state index is 13.9. The Morgan fingerprint density at radius 3 is 1.84 bits per heavy atom. The van der Waals surface area contributed by atoms with Crippen molar-refractivity contribution in [3.8, 4) is 11.3 Å². The third-order valence-electron chi connectivity index (χ3n) is 11.7. The van der Waals surface area contributed by atoms with Gasteiger partial charge in [0.1, 0.15) is 16.9 Å². The van der Waals surface area contributed by atoms with Gasteiger partial charge in [-0.15, -0.1) is 0 Å². The number of halogens is 4. The summed E-state index contributed by atoms with van der Waals surface area (Å²) < 4.78 is 25.7. The Morgan fingerprint density at radius 1 is 0.726 bits per heavy atom. The van der Waals surface area contributed by atoms with Crippen LogP contribution < -0.4 is 5.11 Å². The van der Waals surface area contributed by atoms with Gasteiger partial charge in [-0.05, 0) is 110 Å². The summed E-state index contributed by atoms with van der Waals surface area (Å²) in [7, 11) is 0. The van der Waals surface area contributed by atoms with Crippen LogP contribution in [0.5, 0.6) is 0 Å². The molecule has 0 N–H and O–H groups in total. The van der Waals surface area contributed by atoms with Crippen molar-refractivity contribution in [3.63, 3.8) is 0 Å². The lowest BCUT2D eigenvalue weighted by molar-refractivity contribution is -0.300. The summed E-state index contributed by atoms with van der Waals surface area (Å²) in [6, 6.07) is 14.2. The number of hydrogen-bond donors (Lipinski definition) is 0. The van der Waals surface area contributed by atoms with Gasteiger partial charge in [0.15, 0.2) is 5.78 Å². The fourth-order valence-corrected chi connectivity index (χ4v) is 7.99. The van der Waals surface area contributed by atoms with Crippen molar-refractivity contribution >= 4 is 64.0 Å². The Kier molecular flexibility index (Phi) is 18.0. The lowest BCUT2D eigenvalue weighted by Crippen LogP contribution is -2.29. The first-order valence-corrected chi connectivity index (χ1v) is 23.6. The first-order valence-electron chi connectivity index (χ1n) is 22.1. The fourth-order valence-electron chi connectivity index (χ4n) is 7.39. The van der Waals surface area contributed by atoms with E-state index in [1.165, 1.54) is 12.8 Å². The number of hydrogen-bond acceptors (Lipinski definition) is 5. The third kappa shape index (κ3) is 12.9. The Balaban J connectivity index is 1.49. The van der Waals surface area contributed by atoms with Gasteiger partial charge in [-0.3, -0.25) is 4.79 Å². The van der Waals surface area contributed by atoms with E-state index in [2.05, 4.69) is 55.4 Å². The Labute approximate surface area is 389 Å². The molecule has 62 heavy (non-hydrogen) atoms. The Hall–Kier alpha value is -3.36. The van der Waals surface area contributed by atoms with Crippen LogP contribution in [0.2, 0.25) is 20.1 Å². The molecule has 2 atom stereocenters.